The van der Waals surface area contributed by atoms with Gasteiger partial charge in [0.25, 0.3) is 0 Å². The molecule has 1 radical (unpaired) electrons. The molecule has 2 atom stereocenters. The van der Waals surface area contributed by atoms with Crippen molar-refractivity contribution in [2.75, 3.05) is 6.61 Å². The molecular formula is C12H15O2. The maximum atomic E-state index is 5.50. The van der Waals surface area contributed by atoms with Gasteiger partial charge in [-0.1, -0.05) is 37.3 Å². The predicted molar refractivity (Wildman–Crippen MR) is 54.6 cm³/mol. The molecule has 1 heterocycles. The van der Waals surface area contributed by atoms with Crippen molar-refractivity contribution in [2.24, 2.45) is 0 Å². The second kappa shape index (κ2) is 4.58. The number of benzene rings is 1. The number of hydrogen-bond donors (Lipinski definition) is 0. The van der Waals surface area contributed by atoms with E-state index >= 15 is 0 Å². The minimum atomic E-state index is 0.250. The van der Waals surface area contributed by atoms with E-state index in [-0.39, 0.29) is 12.2 Å². The highest BCUT2D eigenvalue weighted by Crippen LogP contribution is 2.38. The van der Waals surface area contributed by atoms with E-state index in [1.807, 2.05) is 24.8 Å². The van der Waals surface area contributed by atoms with Crippen LogP contribution < -0.4 is 0 Å². The summed E-state index contributed by atoms with van der Waals surface area (Å²) in [5.74, 6) is 0. The fraction of sp³-hybridized carbons (Fsp3) is 0.417. The fourth-order valence-corrected chi connectivity index (χ4v) is 1.49. The number of rotatable bonds is 5. The van der Waals surface area contributed by atoms with E-state index in [0.29, 0.717) is 6.61 Å². The van der Waals surface area contributed by atoms with Crippen LogP contribution in [0.15, 0.2) is 30.3 Å². The maximum Gasteiger partial charge on any atom is 0.112 e. The van der Waals surface area contributed by atoms with Crippen LogP contribution in [0.3, 0.4) is 0 Å². The molecule has 0 aromatic heterocycles. The summed E-state index contributed by atoms with van der Waals surface area (Å²) in [6, 6.07) is 10.3. The summed E-state index contributed by atoms with van der Waals surface area (Å²) >= 11 is 0. The van der Waals surface area contributed by atoms with Gasteiger partial charge in [0.15, 0.2) is 0 Å². The topological polar surface area (TPSA) is 21.8 Å². The van der Waals surface area contributed by atoms with Gasteiger partial charge in [-0.2, -0.15) is 0 Å². The molecule has 75 valence electrons. The van der Waals surface area contributed by atoms with Crippen LogP contribution in [-0.4, -0.2) is 12.7 Å². The molecule has 2 unspecified atom stereocenters. The molecule has 0 aliphatic carbocycles. The summed E-state index contributed by atoms with van der Waals surface area (Å²) in [7, 11) is 0. The zero-order valence-corrected chi connectivity index (χ0v) is 8.35. The molecule has 1 aromatic carbocycles. The predicted octanol–water partition coefficient (Wildman–Crippen LogP) is 2.71. The maximum absolute atomic E-state index is 5.50. The zero-order valence-electron chi connectivity index (χ0n) is 8.35. The van der Waals surface area contributed by atoms with Gasteiger partial charge in [0.2, 0.25) is 0 Å². The van der Waals surface area contributed by atoms with Gasteiger partial charge < -0.3 is 9.47 Å². The second-order valence-electron chi connectivity index (χ2n) is 3.41. The second-order valence-corrected chi connectivity index (χ2v) is 3.41. The molecule has 2 rings (SSSR count). The average Bonchev–Trinajstić information content (AvgIpc) is 2.99. The Morgan fingerprint density at radius 2 is 2.14 bits per heavy atom. The molecule has 2 heteroatoms. The van der Waals surface area contributed by atoms with Crippen LogP contribution in [0.2, 0.25) is 0 Å². The first-order valence-electron chi connectivity index (χ1n) is 5.05. The Morgan fingerprint density at radius 1 is 1.36 bits per heavy atom. The van der Waals surface area contributed by atoms with Gasteiger partial charge in [-0.15, -0.1) is 0 Å². The molecule has 14 heavy (non-hydrogen) atoms. The molecule has 0 bridgehead atoms. The lowest BCUT2D eigenvalue weighted by atomic mass is 10.1. The summed E-state index contributed by atoms with van der Waals surface area (Å²) in [5.41, 5.74) is 1.25. The van der Waals surface area contributed by atoms with Crippen molar-refractivity contribution in [1.82, 2.24) is 0 Å². The van der Waals surface area contributed by atoms with Gasteiger partial charge in [-0.25, -0.2) is 0 Å². The van der Waals surface area contributed by atoms with Crippen molar-refractivity contribution in [3.8, 4) is 0 Å². The molecule has 1 aromatic rings. The van der Waals surface area contributed by atoms with Crippen molar-refractivity contribution in [1.29, 1.82) is 0 Å². The van der Waals surface area contributed by atoms with Gasteiger partial charge in [-0.3, -0.25) is 0 Å². The summed E-state index contributed by atoms with van der Waals surface area (Å²) in [4.78, 5) is 0. The standard InChI is InChI=1S/C12H15O2/c1-2-8-13-9-11-12(14-11)10-6-4-3-5-7-10/h3-8,11-12H,2,9H2,1H3. The third-order valence-corrected chi connectivity index (χ3v) is 2.26. The van der Waals surface area contributed by atoms with E-state index in [1.54, 1.807) is 0 Å². The van der Waals surface area contributed by atoms with E-state index in [4.69, 9.17) is 9.47 Å². The van der Waals surface area contributed by atoms with E-state index in [0.717, 1.165) is 6.42 Å². The van der Waals surface area contributed by atoms with Gasteiger partial charge in [0.05, 0.1) is 13.2 Å². The van der Waals surface area contributed by atoms with Crippen LogP contribution in [0.25, 0.3) is 0 Å². The Morgan fingerprint density at radius 3 is 2.86 bits per heavy atom. The third-order valence-electron chi connectivity index (χ3n) is 2.26. The Labute approximate surface area is 84.8 Å². The van der Waals surface area contributed by atoms with Crippen LogP contribution in [0.4, 0.5) is 0 Å². The van der Waals surface area contributed by atoms with E-state index < -0.39 is 0 Å². The number of epoxide rings is 1. The Balaban J connectivity index is 1.76. The number of ether oxygens (including phenoxy) is 2. The smallest absolute Gasteiger partial charge is 0.112 e. The van der Waals surface area contributed by atoms with E-state index in [1.165, 1.54) is 5.56 Å². The highest BCUT2D eigenvalue weighted by atomic mass is 16.6. The molecule has 0 N–H and O–H groups in total. The zero-order chi connectivity index (χ0) is 9.80. The van der Waals surface area contributed by atoms with Gasteiger partial charge in [0, 0.05) is 0 Å². The van der Waals surface area contributed by atoms with Crippen LogP contribution in [-0.2, 0) is 9.47 Å². The minimum Gasteiger partial charge on any atom is -0.373 e. The van der Waals surface area contributed by atoms with Crippen molar-refractivity contribution < 1.29 is 9.47 Å². The first-order valence-corrected chi connectivity index (χ1v) is 5.05. The molecule has 1 aliphatic heterocycles. The quantitative estimate of drug-likeness (QED) is 0.527. The first kappa shape index (κ1) is 9.69. The summed E-state index contributed by atoms with van der Waals surface area (Å²) in [6.45, 7) is 4.56. The molecule has 0 saturated carbocycles. The highest BCUT2D eigenvalue weighted by molar-refractivity contribution is 5.22. The lowest BCUT2D eigenvalue weighted by molar-refractivity contribution is 0.168. The SMILES string of the molecule is CC[CH]OCC1OC1c1ccccc1. The van der Waals surface area contributed by atoms with Crippen molar-refractivity contribution >= 4 is 0 Å². The number of hydrogen-bond acceptors (Lipinski definition) is 2. The Hall–Kier alpha value is -0.860. The van der Waals surface area contributed by atoms with E-state index in [2.05, 4.69) is 19.1 Å². The molecular weight excluding hydrogens is 176 g/mol. The van der Waals surface area contributed by atoms with Crippen LogP contribution >= 0.6 is 0 Å². The van der Waals surface area contributed by atoms with E-state index in [9.17, 15) is 0 Å². The van der Waals surface area contributed by atoms with Gasteiger partial charge in [0.1, 0.15) is 12.2 Å². The van der Waals surface area contributed by atoms with Gasteiger partial charge >= 0.3 is 0 Å². The van der Waals surface area contributed by atoms with Crippen LogP contribution in [0.1, 0.15) is 25.0 Å². The summed E-state index contributed by atoms with van der Waals surface area (Å²) < 4.78 is 10.8. The molecule has 0 spiro atoms. The molecule has 1 aliphatic rings. The fourth-order valence-electron chi connectivity index (χ4n) is 1.49. The first-order chi connectivity index (χ1) is 6.92. The van der Waals surface area contributed by atoms with Crippen molar-refractivity contribution in [2.45, 2.75) is 25.6 Å². The summed E-state index contributed by atoms with van der Waals surface area (Å²) in [5, 5.41) is 0. The van der Waals surface area contributed by atoms with Crippen LogP contribution in [0, 0.1) is 6.61 Å². The highest BCUT2D eigenvalue weighted by Gasteiger charge is 2.39. The average molecular weight is 191 g/mol. The largest absolute Gasteiger partial charge is 0.373 e. The third kappa shape index (κ3) is 2.34. The van der Waals surface area contributed by atoms with Crippen molar-refractivity contribution in [3.05, 3.63) is 42.5 Å². The minimum absolute atomic E-state index is 0.250. The lowest BCUT2D eigenvalue weighted by Crippen LogP contribution is -2.00. The molecule has 1 saturated heterocycles. The molecule has 1 fully saturated rings. The molecule has 2 nitrogen and oxygen atoms in total. The van der Waals surface area contributed by atoms with Crippen molar-refractivity contribution in [3.63, 3.8) is 0 Å². The van der Waals surface area contributed by atoms with Crippen LogP contribution in [0.5, 0.6) is 0 Å². The normalized spacial score (nSPS) is 24.9. The monoisotopic (exact) mass is 191 g/mol. The summed E-state index contributed by atoms with van der Waals surface area (Å²) in [6.07, 6.45) is 1.45. The Bertz CT molecular complexity index is 271. The van der Waals surface area contributed by atoms with Gasteiger partial charge in [-0.05, 0) is 12.0 Å². The Kier molecular flexibility index (Phi) is 3.17. The lowest BCUT2D eigenvalue weighted by Gasteiger charge is -1.97. The molecule has 0 amide bonds.